The van der Waals surface area contributed by atoms with Crippen LogP contribution < -0.4 is 4.31 Å². The molecule has 3 rings (SSSR count). The number of benzene rings is 2. The number of rotatable bonds is 1. The normalized spacial score (nSPS) is 22.0. The first-order valence-corrected chi connectivity index (χ1v) is 8.90. The standard InChI is InChI=1S/C13H9NO2SSe/c15-13-11-8-4-5-9-12(11)17(16,18)14(13)10-6-2-1-3-7-10/h1-9H. The Kier molecular flexibility index (Phi) is 2.63. The van der Waals surface area contributed by atoms with Gasteiger partial charge in [-0.05, 0) is 0 Å². The van der Waals surface area contributed by atoms with Crippen molar-refractivity contribution in [2.75, 3.05) is 4.31 Å². The van der Waals surface area contributed by atoms with Crippen molar-refractivity contribution in [3.8, 4) is 0 Å². The molecule has 1 unspecified atom stereocenters. The minimum atomic E-state index is -2.64. The van der Waals surface area contributed by atoms with Crippen LogP contribution in [0.4, 0.5) is 5.69 Å². The van der Waals surface area contributed by atoms with Crippen LogP contribution in [0.5, 0.6) is 0 Å². The maximum absolute atomic E-state index is 12.8. The fourth-order valence-corrected chi connectivity index (χ4v) is 5.48. The average Bonchev–Trinajstić information content (AvgIpc) is 2.59. The number of carbonyl (C=O) groups is 1. The molecule has 1 atom stereocenters. The Hall–Kier alpha value is -1.42. The number of fused-ring (bicyclic) bond motifs is 1. The molecule has 1 aliphatic rings. The predicted molar refractivity (Wildman–Crippen MR) is 71.9 cm³/mol. The molecule has 1 aliphatic heterocycles. The van der Waals surface area contributed by atoms with Crippen LogP contribution in [0.2, 0.25) is 0 Å². The summed E-state index contributed by atoms with van der Waals surface area (Å²) in [6.45, 7) is 0. The van der Waals surface area contributed by atoms with Gasteiger partial charge in [0.1, 0.15) is 0 Å². The maximum atomic E-state index is 12.8. The zero-order valence-electron chi connectivity index (χ0n) is 9.28. The monoisotopic (exact) mass is 323 g/mol. The summed E-state index contributed by atoms with van der Waals surface area (Å²) in [5, 5.41) is 0. The van der Waals surface area contributed by atoms with E-state index >= 15 is 0 Å². The number of amides is 1. The number of hydrogen-bond donors (Lipinski definition) is 0. The van der Waals surface area contributed by atoms with Gasteiger partial charge in [-0.3, -0.25) is 0 Å². The Morgan fingerprint density at radius 1 is 0.944 bits per heavy atom. The van der Waals surface area contributed by atoms with Crippen molar-refractivity contribution >= 4 is 34.0 Å². The summed E-state index contributed by atoms with van der Waals surface area (Å²) < 4.78 is 14.1. The van der Waals surface area contributed by atoms with Gasteiger partial charge in [-0.1, -0.05) is 0 Å². The van der Waals surface area contributed by atoms with Crippen LogP contribution in [0.1, 0.15) is 10.4 Å². The second-order valence-corrected chi connectivity index (χ2v) is 8.51. The van der Waals surface area contributed by atoms with Crippen LogP contribution in [0.15, 0.2) is 59.5 Å². The number of hydrogen-bond acceptors (Lipinski definition) is 2. The van der Waals surface area contributed by atoms with Gasteiger partial charge in [-0.15, -0.1) is 0 Å². The molecular weight excluding hydrogens is 313 g/mol. The van der Waals surface area contributed by atoms with Gasteiger partial charge in [-0.2, -0.15) is 0 Å². The third kappa shape index (κ3) is 1.56. The third-order valence-corrected chi connectivity index (χ3v) is 6.65. The Bertz CT molecular complexity index is 726. The summed E-state index contributed by atoms with van der Waals surface area (Å²) >= 11 is 2.68. The Balaban J connectivity index is 2.25. The van der Waals surface area contributed by atoms with Gasteiger partial charge in [0.05, 0.1) is 0 Å². The fraction of sp³-hybridized carbons (Fsp3) is 0. The molecule has 0 aliphatic carbocycles. The molecule has 1 amide bonds. The quantitative estimate of drug-likeness (QED) is 0.753. The number of anilines is 1. The number of para-hydroxylation sites is 1. The summed E-state index contributed by atoms with van der Waals surface area (Å²) in [5.74, 6) is -0.222. The molecular formula is C13H9NO2SSe. The van der Waals surface area contributed by atoms with E-state index < -0.39 is 8.04 Å². The zero-order valence-corrected chi connectivity index (χ0v) is 11.8. The Labute approximate surface area is 112 Å². The van der Waals surface area contributed by atoms with E-state index in [0.717, 1.165) is 0 Å². The van der Waals surface area contributed by atoms with Crippen LogP contribution in [-0.2, 0) is 8.04 Å². The molecule has 0 saturated heterocycles. The van der Waals surface area contributed by atoms with E-state index in [2.05, 4.69) is 14.4 Å². The average molecular weight is 322 g/mol. The third-order valence-electron chi connectivity index (χ3n) is 2.81. The van der Waals surface area contributed by atoms with E-state index in [1.807, 2.05) is 18.2 Å². The van der Waals surface area contributed by atoms with Crippen LogP contribution >= 0.6 is 0 Å². The first-order valence-electron chi connectivity index (χ1n) is 5.36. The van der Waals surface area contributed by atoms with E-state index in [9.17, 15) is 9.00 Å². The molecule has 5 heteroatoms. The van der Waals surface area contributed by atoms with Crippen LogP contribution in [0, 0.1) is 0 Å². The molecule has 18 heavy (non-hydrogen) atoms. The first kappa shape index (κ1) is 11.7. The van der Waals surface area contributed by atoms with E-state index in [1.54, 1.807) is 36.4 Å². The van der Waals surface area contributed by atoms with E-state index in [1.165, 1.54) is 4.31 Å². The molecule has 2 aromatic carbocycles. The molecule has 90 valence electrons. The van der Waals surface area contributed by atoms with Crippen molar-refractivity contribution in [3.63, 3.8) is 0 Å². The second kappa shape index (κ2) is 4.05. The van der Waals surface area contributed by atoms with Crippen molar-refractivity contribution < 1.29 is 9.00 Å². The summed E-state index contributed by atoms with van der Waals surface area (Å²) in [5.41, 5.74) is 1.15. The molecule has 0 saturated carbocycles. The van der Waals surface area contributed by atoms with Crippen molar-refractivity contribution in [2.24, 2.45) is 0 Å². The van der Waals surface area contributed by atoms with E-state index in [4.69, 9.17) is 0 Å². The molecule has 0 spiro atoms. The van der Waals surface area contributed by atoms with Crippen molar-refractivity contribution in [2.45, 2.75) is 4.90 Å². The molecule has 0 fully saturated rings. The van der Waals surface area contributed by atoms with Crippen molar-refractivity contribution in [3.05, 3.63) is 60.2 Å². The van der Waals surface area contributed by atoms with Crippen LogP contribution in [0.3, 0.4) is 0 Å². The molecule has 3 nitrogen and oxygen atoms in total. The summed E-state index contributed by atoms with van der Waals surface area (Å²) in [6, 6.07) is 16.1. The minimum absolute atomic E-state index is 0.222. The zero-order chi connectivity index (χ0) is 12.8. The molecule has 0 N–H and O–H groups in total. The number of carbonyl (C=O) groups excluding carboxylic acids is 1. The fourth-order valence-electron chi connectivity index (χ4n) is 2.00. The summed E-state index contributed by atoms with van der Waals surface area (Å²) in [6.07, 6.45) is 0. The van der Waals surface area contributed by atoms with Crippen molar-refractivity contribution in [1.29, 1.82) is 0 Å². The van der Waals surface area contributed by atoms with Gasteiger partial charge >= 0.3 is 112 Å². The van der Waals surface area contributed by atoms with E-state index in [0.29, 0.717) is 16.1 Å². The number of nitrogens with zero attached hydrogens (tertiary/aromatic N) is 1. The molecule has 0 aromatic heterocycles. The van der Waals surface area contributed by atoms with E-state index in [-0.39, 0.29) is 5.91 Å². The van der Waals surface area contributed by atoms with Crippen molar-refractivity contribution in [1.82, 2.24) is 0 Å². The second-order valence-electron chi connectivity index (χ2n) is 3.91. The van der Waals surface area contributed by atoms with Gasteiger partial charge in [0.15, 0.2) is 0 Å². The SMILES string of the molecule is O=C1c2ccccc2S(=O)(=[Se])N1c1ccccc1. The molecule has 0 bridgehead atoms. The van der Waals surface area contributed by atoms with Gasteiger partial charge in [-0.25, -0.2) is 0 Å². The van der Waals surface area contributed by atoms with Gasteiger partial charge in [0.25, 0.3) is 0 Å². The summed E-state index contributed by atoms with van der Waals surface area (Å²) in [7, 11) is -2.64. The Morgan fingerprint density at radius 2 is 1.56 bits per heavy atom. The van der Waals surface area contributed by atoms with Gasteiger partial charge in [0, 0.05) is 0 Å². The molecule has 1 heterocycles. The first-order chi connectivity index (χ1) is 8.62. The summed E-state index contributed by atoms with van der Waals surface area (Å²) in [4.78, 5) is 12.9. The molecule has 0 radical (unpaired) electrons. The van der Waals surface area contributed by atoms with Crippen LogP contribution in [-0.4, -0.2) is 24.5 Å². The Morgan fingerprint density at radius 3 is 2.22 bits per heavy atom. The van der Waals surface area contributed by atoms with Crippen LogP contribution in [0.25, 0.3) is 0 Å². The predicted octanol–water partition coefficient (Wildman–Crippen LogP) is 1.99. The van der Waals surface area contributed by atoms with Gasteiger partial charge in [0.2, 0.25) is 0 Å². The molecule has 2 aromatic rings. The van der Waals surface area contributed by atoms with Gasteiger partial charge < -0.3 is 0 Å². The topological polar surface area (TPSA) is 37.4 Å².